The second-order valence-corrected chi connectivity index (χ2v) is 8.83. The third-order valence-corrected chi connectivity index (χ3v) is 6.29. The lowest BCUT2D eigenvalue weighted by Crippen LogP contribution is -2.43. The highest BCUT2D eigenvalue weighted by Gasteiger charge is 2.33. The maximum atomic E-state index is 13.6. The summed E-state index contributed by atoms with van der Waals surface area (Å²) in [6.07, 6.45) is -3.18. The van der Waals surface area contributed by atoms with E-state index in [1.165, 1.54) is 24.4 Å². The Labute approximate surface area is 221 Å². The van der Waals surface area contributed by atoms with E-state index in [0.717, 1.165) is 15.2 Å². The molecule has 0 saturated carbocycles. The van der Waals surface area contributed by atoms with Crippen molar-refractivity contribution < 1.29 is 17.6 Å². The summed E-state index contributed by atoms with van der Waals surface area (Å²) >= 11 is 6.28. The minimum Gasteiger partial charge on any atom is -0.322 e. The average Bonchev–Trinajstić information content (AvgIpc) is 2.91. The standard InChI is InChI=1S/C27H23ClF3N3O2.CH3F/c28-23-13-7-5-10-19(23)14-21-16-33(15-20-11-4-6-12-22(20)27(29,30)31)26(36)34(25(21)35)17-24(32)18-8-2-1-3-9-18;1-2/h1-13,16,24H,14-15,17,32H2;1H3/t24-;/m0./s1. The number of benzene rings is 3. The van der Waals surface area contributed by atoms with Crippen molar-refractivity contribution in [1.29, 1.82) is 0 Å². The molecular formula is C28H26ClF4N3O2. The third-order valence-electron chi connectivity index (χ3n) is 5.92. The van der Waals surface area contributed by atoms with Gasteiger partial charge in [0.05, 0.1) is 25.8 Å². The van der Waals surface area contributed by atoms with E-state index >= 15 is 0 Å². The van der Waals surface area contributed by atoms with Crippen LogP contribution < -0.4 is 17.0 Å². The van der Waals surface area contributed by atoms with E-state index in [-0.39, 0.29) is 30.6 Å². The molecule has 0 fully saturated rings. The Balaban J connectivity index is 0.00000195. The van der Waals surface area contributed by atoms with Crippen LogP contribution in [-0.4, -0.2) is 16.3 Å². The second-order valence-electron chi connectivity index (χ2n) is 8.42. The Morgan fingerprint density at radius 2 is 1.42 bits per heavy atom. The van der Waals surface area contributed by atoms with Crippen LogP contribution in [0.5, 0.6) is 0 Å². The number of nitrogens with two attached hydrogens (primary N) is 1. The molecule has 1 atom stereocenters. The Morgan fingerprint density at radius 1 is 0.842 bits per heavy atom. The maximum absolute atomic E-state index is 13.6. The van der Waals surface area contributed by atoms with Gasteiger partial charge in [0.15, 0.2) is 0 Å². The van der Waals surface area contributed by atoms with E-state index in [0.29, 0.717) is 23.3 Å². The van der Waals surface area contributed by atoms with Crippen molar-refractivity contribution in [2.75, 3.05) is 7.18 Å². The van der Waals surface area contributed by atoms with Crippen molar-refractivity contribution in [2.45, 2.75) is 31.7 Å². The first-order valence-electron chi connectivity index (χ1n) is 11.5. The quantitative estimate of drug-likeness (QED) is 0.306. The molecule has 38 heavy (non-hydrogen) atoms. The molecular weight excluding hydrogens is 522 g/mol. The molecule has 10 heteroatoms. The number of halogens is 5. The van der Waals surface area contributed by atoms with Crippen LogP contribution in [-0.2, 0) is 25.7 Å². The predicted molar refractivity (Wildman–Crippen MR) is 140 cm³/mol. The van der Waals surface area contributed by atoms with Gasteiger partial charge < -0.3 is 5.73 Å². The molecule has 1 aromatic heterocycles. The second kappa shape index (κ2) is 12.7. The zero-order valence-corrected chi connectivity index (χ0v) is 21.2. The summed E-state index contributed by atoms with van der Waals surface area (Å²) in [5.74, 6) is 0. The number of hydrogen-bond acceptors (Lipinski definition) is 3. The van der Waals surface area contributed by atoms with Crippen LogP contribution in [0.25, 0.3) is 0 Å². The fourth-order valence-electron chi connectivity index (χ4n) is 4.08. The molecule has 4 rings (SSSR count). The smallest absolute Gasteiger partial charge is 0.322 e. The Hall–Kier alpha value is -3.69. The fourth-order valence-corrected chi connectivity index (χ4v) is 4.28. The van der Waals surface area contributed by atoms with Gasteiger partial charge in [0.2, 0.25) is 0 Å². The van der Waals surface area contributed by atoms with E-state index in [1.54, 1.807) is 48.5 Å². The van der Waals surface area contributed by atoms with Crippen LogP contribution >= 0.6 is 11.6 Å². The lowest BCUT2D eigenvalue weighted by molar-refractivity contribution is -0.138. The van der Waals surface area contributed by atoms with Crippen molar-refractivity contribution >= 4 is 11.6 Å². The molecule has 5 nitrogen and oxygen atoms in total. The molecule has 0 aliphatic heterocycles. The summed E-state index contributed by atoms with van der Waals surface area (Å²) < 4.78 is 52.4. The summed E-state index contributed by atoms with van der Waals surface area (Å²) in [5.41, 5.74) is 5.64. The van der Waals surface area contributed by atoms with Gasteiger partial charge in [-0.05, 0) is 28.8 Å². The molecule has 0 saturated heterocycles. The van der Waals surface area contributed by atoms with Crippen molar-refractivity contribution in [2.24, 2.45) is 5.73 Å². The Morgan fingerprint density at radius 3 is 2.05 bits per heavy atom. The highest BCUT2D eigenvalue weighted by molar-refractivity contribution is 6.31. The summed E-state index contributed by atoms with van der Waals surface area (Å²) in [6, 6.07) is 20.3. The minimum atomic E-state index is -4.59. The van der Waals surface area contributed by atoms with Gasteiger partial charge in [-0.1, -0.05) is 78.3 Å². The zero-order valence-electron chi connectivity index (χ0n) is 20.5. The first-order valence-corrected chi connectivity index (χ1v) is 11.9. The molecule has 0 amide bonds. The van der Waals surface area contributed by atoms with Crippen LogP contribution in [0.4, 0.5) is 17.6 Å². The van der Waals surface area contributed by atoms with Crippen LogP contribution in [0.15, 0.2) is 94.6 Å². The number of rotatable bonds is 7. The summed E-state index contributed by atoms with van der Waals surface area (Å²) in [5, 5.41) is 0.435. The highest BCUT2D eigenvalue weighted by Crippen LogP contribution is 2.32. The molecule has 1 heterocycles. The highest BCUT2D eigenvalue weighted by atomic mass is 35.5. The number of nitrogens with zero attached hydrogens (tertiary/aromatic N) is 2. The van der Waals surface area contributed by atoms with E-state index in [2.05, 4.69) is 0 Å². The largest absolute Gasteiger partial charge is 0.416 e. The number of hydrogen-bond donors (Lipinski definition) is 1. The van der Waals surface area contributed by atoms with Gasteiger partial charge in [-0.3, -0.25) is 18.3 Å². The van der Waals surface area contributed by atoms with Gasteiger partial charge in [0.25, 0.3) is 5.56 Å². The van der Waals surface area contributed by atoms with Gasteiger partial charge in [0, 0.05) is 29.2 Å². The molecule has 2 N–H and O–H groups in total. The van der Waals surface area contributed by atoms with Gasteiger partial charge >= 0.3 is 11.9 Å². The van der Waals surface area contributed by atoms with Crippen LogP contribution in [0.2, 0.25) is 5.02 Å². The van der Waals surface area contributed by atoms with Crippen LogP contribution in [0, 0.1) is 0 Å². The topological polar surface area (TPSA) is 70.0 Å². The maximum Gasteiger partial charge on any atom is 0.416 e. The van der Waals surface area contributed by atoms with E-state index in [1.807, 2.05) is 6.07 Å². The summed E-state index contributed by atoms with van der Waals surface area (Å²) in [7, 11) is 0.500. The van der Waals surface area contributed by atoms with Crippen molar-refractivity contribution in [3.63, 3.8) is 0 Å². The van der Waals surface area contributed by atoms with E-state index in [4.69, 9.17) is 17.3 Å². The zero-order chi connectivity index (χ0) is 27.9. The first kappa shape index (κ1) is 28.9. The fraction of sp³-hybridized carbons (Fsp3) is 0.214. The van der Waals surface area contributed by atoms with E-state index < -0.39 is 29.0 Å². The van der Waals surface area contributed by atoms with Gasteiger partial charge in [-0.25, -0.2) is 4.79 Å². The molecule has 0 aliphatic rings. The van der Waals surface area contributed by atoms with Gasteiger partial charge in [-0.15, -0.1) is 0 Å². The lowest BCUT2D eigenvalue weighted by Gasteiger charge is -2.18. The van der Waals surface area contributed by atoms with Crippen molar-refractivity contribution in [1.82, 2.24) is 9.13 Å². The Bertz CT molecular complexity index is 1480. The molecule has 200 valence electrons. The number of alkyl halides is 4. The molecule has 4 aromatic rings. The third kappa shape index (κ3) is 6.79. The predicted octanol–water partition coefficient (Wildman–Crippen LogP) is 5.61. The first-order chi connectivity index (χ1) is 18.1. The Kier molecular flexibility index (Phi) is 9.66. The summed E-state index contributed by atoms with van der Waals surface area (Å²) in [4.78, 5) is 26.7. The van der Waals surface area contributed by atoms with Gasteiger partial charge in [-0.2, -0.15) is 13.2 Å². The molecule has 0 spiro atoms. The molecule has 0 aliphatic carbocycles. The lowest BCUT2D eigenvalue weighted by atomic mass is 10.1. The molecule has 0 bridgehead atoms. The van der Waals surface area contributed by atoms with E-state index in [9.17, 15) is 27.2 Å². The molecule has 0 unspecified atom stereocenters. The van der Waals surface area contributed by atoms with Crippen LogP contribution in [0.3, 0.4) is 0 Å². The van der Waals surface area contributed by atoms with Crippen LogP contribution in [0.1, 0.15) is 33.9 Å². The number of aromatic nitrogens is 2. The SMILES string of the molecule is CF.N[C@@H](Cn1c(=O)c(Cc2ccccc2Cl)cn(Cc2ccccc2C(F)(F)F)c1=O)c1ccccc1. The van der Waals surface area contributed by atoms with Crippen molar-refractivity contribution in [3.05, 3.63) is 139 Å². The molecule has 3 aromatic carbocycles. The van der Waals surface area contributed by atoms with Crippen molar-refractivity contribution in [3.8, 4) is 0 Å². The summed E-state index contributed by atoms with van der Waals surface area (Å²) in [6.45, 7) is -0.510. The molecule has 0 radical (unpaired) electrons. The average molecular weight is 548 g/mol. The monoisotopic (exact) mass is 547 g/mol. The van der Waals surface area contributed by atoms with Gasteiger partial charge in [0.1, 0.15) is 0 Å². The minimum absolute atomic E-state index is 0.0895. The normalized spacial score (nSPS) is 12.0.